The summed E-state index contributed by atoms with van der Waals surface area (Å²) >= 11 is 1.95. The lowest BCUT2D eigenvalue weighted by atomic mass is 9.33. The molecule has 0 bridgehead atoms. The highest BCUT2D eigenvalue weighted by atomic mass is 32.2. The third-order valence-electron chi connectivity index (χ3n) is 13.7. The first-order valence-corrected chi connectivity index (χ1v) is 24.2. The maximum atomic E-state index is 2.68. The Bertz CT molecular complexity index is 3380. The van der Waals surface area contributed by atoms with Gasteiger partial charge in [-0.15, -0.1) is 0 Å². The summed E-state index contributed by atoms with van der Waals surface area (Å²) in [7, 11) is 0. The molecule has 0 saturated heterocycles. The molecule has 2 aliphatic heterocycles. The fourth-order valence-electron chi connectivity index (χ4n) is 10.5. The number of para-hydroxylation sites is 1. The van der Waals surface area contributed by atoms with Crippen LogP contribution in [-0.4, -0.2) is 6.71 Å². The van der Waals surface area contributed by atoms with E-state index in [9.17, 15) is 0 Å². The molecule has 0 aliphatic carbocycles. The van der Waals surface area contributed by atoms with Gasteiger partial charge in [0.25, 0.3) is 6.71 Å². The van der Waals surface area contributed by atoms with Gasteiger partial charge in [-0.1, -0.05) is 233 Å². The third-order valence-corrected chi connectivity index (χ3v) is 14.8. The van der Waals surface area contributed by atoms with Crippen molar-refractivity contribution in [2.24, 2.45) is 0 Å². The zero-order valence-electron chi connectivity index (χ0n) is 37.9. The number of hydrogen-bond donors (Lipinski definition) is 0. The van der Waals surface area contributed by atoms with E-state index in [1.807, 2.05) is 11.8 Å². The zero-order valence-corrected chi connectivity index (χ0v) is 38.8. The van der Waals surface area contributed by atoms with E-state index >= 15 is 0 Å². The average molecular weight is 874 g/mol. The average Bonchev–Trinajstić information content (AvgIpc) is 3.39. The number of nitrogens with zero attached hydrogens (tertiary/aromatic N) is 1. The van der Waals surface area contributed by atoms with Crippen LogP contribution in [0.4, 0.5) is 17.1 Å². The molecule has 1 nitrogen and oxygen atoms in total. The summed E-state index contributed by atoms with van der Waals surface area (Å²) in [5, 5.41) is 0. The molecule has 0 unspecified atom stereocenters. The minimum Gasteiger partial charge on any atom is -0.310 e. The van der Waals surface area contributed by atoms with Crippen LogP contribution in [-0.2, 0) is 5.41 Å². The molecule has 10 aromatic carbocycles. The highest BCUT2D eigenvalue weighted by molar-refractivity contribution is 8.00. The molecule has 0 radical (unpaired) electrons. The topological polar surface area (TPSA) is 3.24 Å². The van der Waals surface area contributed by atoms with E-state index in [2.05, 4.69) is 262 Å². The Morgan fingerprint density at radius 3 is 1.18 bits per heavy atom. The van der Waals surface area contributed by atoms with Crippen molar-refractivity contribution in [3.05, 3.63) is 242 Å². The largest absolute Gasteiger partial charge is 0.310 e. The first-order valence-electron chi connectivity index (χ1n) is 23.4. The van der Waals surface area contributed by atoms with Crippen molar-refractivity contribution in [3.63, 3.8) is 0 Å². The smallest absolute Gasteiger partial charge is 0.251 e. The molecule has 0 aromatic heterocycles. The van der Waals surface area contributed by atoms with Gasteiger partial charge in [0.2, 0.25) is 0 Å². The van der Waals surface area contributed by atoms with Gasteiger partial charge in [-0.25, -0.2) is 0 Å². The summed E-state index contributed by atoms with van der Waals surface area (Å²) in [5.74, 6) is 0. The van der Waals surface area contributed by atoms with Gasteiger partial charge < -0.3 is 4.90 Å². The first kappa shape index (κ1) is 40.9. The highest BCUT2D eigenvalue weighted by Crippen LogP contribution is 2.52. The van der Waals surface area contributed by atoms with Crippen molar-refractivity contribution in [2.45, 2.75) is 36.0 Å². The van der Waals surface area contributed by atoms with Gasteiger partial charge in [0, 0.05) is 32.3 Å². The van der Waals surface area contributed by atoms with Crippen molar-refractivity contribution in [3.8, 4) is 66.8 Å². The van der Waals surface area contributed by atoms with Crippen LogP contribution in [0, 0.1) is 0 Å². The summed E-state index contributed by atoms with van der Waals surface area (Å²) < 4.78 is 0. The van der Waals surface area contributed by atoms with Crippen LogP contribution in [0.3, 0.4) is 0 Å². The summed E-state index contributed by atoms with van der Waals surface area (Å²) in [5.41, 5.74) is 23.3. The SMILES string of the molecule is CC(C)(C)c1cc2c3c(c1)N(c1c(-c4ccccc4)cccc1-c1ccccc1)c1cc(-c4ccccc4)cc(-c4ccccc4)c1B3c1c(cc(-c3ccccc3)cc1-c1ccccc1)S2. The predicted octanol–water partition coefficient (Wildman–Crippen LogP) is 15.8. The molecule has 0 N–H and O–H groups in total. The second-order valence-corrected chi connectivity index (χ2v) is 19.9. The van der Waals surface area contributed by atoms with E-state index in [4.69, 9.17) is 0 Å². The Kier molecular flexibility index (Phi) is 10.2. The fourth-order valence-corrected chi connectivity index (χ4v) is 11.7. The molecule has 0 atom stereocenters. The maximum Gasteiger partial charge on any atom is 0.251 e. The Morgan fingerprint density at radius 1 is 0.328 bits per heavy atom. The van der Waals surface area contributed by atoms with Gasteiger partial charge in [-0.2, -0.15) is 0 Å². The third kappa shape index (κ3) is 7.22. The second kappa shape index (κ2) is 16.7. The quantitative estimate of drug-likeness (QED) is 0.147. The minimum absolute atomic E-state index is 0.0920. The molecule has 0 spiro atoms. The molecule has 12 rings (SSSR count). The molecule has 10 aromatic rings. The van der Waals surface area contributed by atoms with Crippen LogP contribution in [0.25, 0.3) is 66.8 Å². The van der Waals surface area contributed by atoms with Crippen LogP contribution in [0.5, 0.6) is 0 Å². The van der Waals surface area contributed by atoms with Gasteiger partial charge in [0.15, 0.2) is 0 Å². The lowest BCUT2D eigenvalue weighted by Gasteiger charge is -2.44. The Morgan fingerprint density at radius 2 is 0.716 bits per heavy atom. The van der Waals surface area contributed by atoms with Crippen LogP contribution < -0.4 is 21.3 Å². The zero-order chi connectivity index (χ0) is 45.1. The normalized spacial score (nSPS) is 12.6. The lowest BCUT2D eigenvalue weighted by Crippen LogP contribution is -2.61. The van der Waals surface area contributed by atoms with E-state index in [-0.39, 0.29) is 12.1 Å². The predicted molar refractivity (Wildman–Crippen MR) is 288 cm³/mol. The summed E-state index contributed by atoms with van der Waals surface area (Å²) in [6.45, 7) is 6.98. The summed E-state index contributed by atoms with van der Waals surface area (Å²) in [6.07, 6.45) is 0. The number of hydrogen-bond acceptors (Lipinski definition) is 2. The Labute approximate surface area is 399 Å². The lowest BCUT2D eigenvalue weighted by molar-refractivity contribution is 0.589. The number of rotatable bonds is 7. The van der Waals surface area contributed by atoms with Crippen molar-refractivity contribution in [1.29, 1.82) is 0 Å². The molecule has 0 amide bonds. The molecular weight excluding hydrogens is 826 g/mol. The fraction of sp³-hybridized carbons (Fsp3) is 0.0625. The van der Waals surface area contributed by atoms with Crippen LogP contribution in [0.15, 0.2) is 246 Å². The molecule has 0 fully saturated rings. The molecular formula is C64H48BNS. The summed E-state index contributed by atoms with van der Waals surface area (Å²) in [6, 6.07) is 87.9. The van der Waals surface area contributed by atoms with E-state index in [1.54, 1.807) is 0 Å². The van der Waals surface area contributed by atoms with Crippen LogP contribution in [0.1, 0.15) is 26.3 Å². The van der Waals surface area contributed by atoms with Crippen LogP contribution >= 0.6 is 11.8 Å². The number of fused-ring (bicyclic) bond motifs is 4. The molecule has 0 saturated carbocycles. The van der Waals surface area contributed by atoms with Crippen LogP contribution in [0.2, 0.25) is 0 Å². The standard InChI is InChI=1S/C64H48BNS/c1-64(2,3)51-41-57-62-59(42-51)67-58-40-50(44-25-12-5-13-26-44)38-55(48-33-20-9-21-34-48)61(58)65(62)60-54(47-31-18-8-19-32-47)37-49(43-23-10-4-11-24-43)39-56(60)66(57)63-52(45-27-14-6-15-28-45)35-22-36-53(63)46-29-16-7-17-30-46/h4-42H,1-3H3. The molecule has 2 aliphatic rings. The van der Waals surface area contributed by atoms with Crippen molar-refractivity contribution in [1.82, 2.24) is 0 Å². The molecule has 318 valence electrons. The Balaban J connectivity index is 1.28. The van der Waals surface area contributed by atoms with Gasteiger partial charge in [0.1, 0.15) is 0 Å². The van der Waals surface area contributed by atoms with E-state index in [0.29, 0.717) is 0 Å². The van der Waals surface area contributed by atoms with E-state index in [1.165, 1.54) is 116 Å². The maximum absolute atomic E-state index is 2.68. The minimum atomic E-state index is -0.128. The number of benzene rings is 10. The molecule has 67 heavy (non-hydrogen) atoms. The van der Waals surface area contributed by atoms with Gasteiger partial charge in [0.05, 0.1) is 5.69 Å². The van der Waals surface area contributed by atoms with E-state index < -0.39 is 0 Å². The number of anilines is 3. The molecule has 2 heterocycles. The highest BCUT2D eigenvalue weighted by Gasteiger charge is 2.45. The van der Waals surface area contributed by atoms with Gasteiger partial charge in [-0.3, -0.25) is 0 Å². The van der Waals surface area contributed by atoms with Crippen molar-refractivity contribution < 1.29 is 0 Å². The van der Waals surface area contributed by atoms with Crippen molar-refractivity contribution >= 4 is 51.9 Å². The van der Waals surface area contributed by atoms with Crippen molar-refractivity contribution in [2.75, 3.05) is 4.90 Å². The van der Waals surface area contributed by atoms with Gasteiger partial charge in [-0.05, 0) is 119 Å². The monoisotopic (exact) mass is 873 g/mol. The Hall–Kier alpha value is -7.59. The summed E-state index contributed by atoms with van der Waals surface area (Å²) in [4.78, 5) is 5.29. The van der Waals surface area contributed by atoms with Gasteiger partial charge >= 0.3 is 0 Å². The van der Waals surface area contributed by atoms with E-state index in [0.717, 1.165) is 0 Å². The first-order chi connectivity index (χ1) is 32.9. The second-order valence-electron chi connectivity index (χ2n) is 18.8. The molecule has 3 heteroatoms.